The molecule has 2 rings (SSSR count). The topological polar surface area (TPSA) is 89.0 Å². The number of furan rings is 1. The Hall–Kier alpha value is -2.09. The molecule has 18 heavy (non-hydrogen) atoms. The van der Waals surface area contributed by atoms with Gasteiger partial charge in [-0.2, -0.15) is 0 Å². The van der Waals surface area contributed by atoms with Crippen LogP contribution in [-0.4, -0.2) is 35.0 Å². The second-order valence-corrected chi connectivity index (χ2v) is 4.42. The van der Waals surface area contributed by atoms with Gasteiger partial charge < -0.3 is 4.42 Å². The van der Waals surface area contributed by atoms with E-state index in [2.05, 4.69) is 4.99 Å². The van der Waals surface area contributed by atoms with Crippen molar-refractivity contribution < 1.29 is 14.1 Å². The van der Waals surface area contributed by atoms with Crippen molar-refractivity contribution in [3.05, 3.63) is 32.9 Å². The van der Waals surface area contributed by atoms with Crippen LogP contribution < -0.4 is 0 Å². The summed E-state index contributed by atoms with van der Waals surface area (Å²) in [5, 5.41) is 11.0. The lowest BCUT2D eigenvalue weighted by atomic mass is 10.3. The number of nitrogens with zero attached hydrogens (tertiary/aromatic N) is 3. The summed E-state index contributed by atoms with van der Waals surface area (Å²) in [4.78, 5) is 27.4. The number of hydrogen-bond acceptors (Lipinski definition) is 6. The Morgan fingerprint density at radius 2 is 2.28 bits per heavy atom. The number of rotatable bonds is 2. The average molecular weight is 267 g/mol. The summed E-state index contributed by atoms with van der Waals surface area (Å²) in [6, 6.07) is 2.69. The molecule has 0 unspecified atom stereocenters. The SMILES string of the molecule is CN=C1S/C(=C\c2ccc([N+](=O)[O-])o2)C(=O)N1C. The fourth-order valence-electron chi connectivity index (χ4n) is 1.40. The summed E-state index contributed by atoms with van der Waals surface area (Å²) >= 11 is 1.20. The maximum atomic E-state index is 11.8. The van der Waals surface area contributed by atoms with E-state index in [9.17, 15) is 14.9 Å². The highest BCUT2D eigenvalue weighted by Crippen LogP contribution is 2.31. The predicted octanol–water partition coefficient (Wildman–Crippen LogP) is 1.72. The zero-order valence-electron chi connectivity index (χ0n) is 9.61. The molecule has 1 aromatic rings. The Bertz CT molecular complexity index is 575. The van der Waals surface area contributed by atoms with Gasteiger partial charge in [0.2, 0.25) is 0 Å². The summed E-state index contributed by atoms with van der Waals surface area (Å²) in [6.45, 7) is 0. The van der Waals surface area contributed by atoms with Crippen LogP contribution >= 0.6 is 11.8 Å². The van der Waals surface area contributed by atoms with Gasteiger partial charge in [0.15, 0.2) is 5.17 Å². The first-order valence-corrected chi connectivity index (χ1v) is 5.73. The number of carbonyl (C=O) groups is 1. The fourth-order valence-corrected chi connectivity index (χ4v) is 2.30. The van der Waals surface area contributed by atoms with Crippen LogP contribution in [0.5, 0.6) is 0 Å². The van der Waals surface area contributed by atoms with Gasteiger partial charge >= 0.3 is 5.88 Å². The molecule has 1 aliphatic heterocycles. The number of likely N-dealkylation sites (N-methyl/N-ethyl adjacent to an activating group) is 1. The molecule has 0 radical (unpaired) electrons. The average Bonchev–Trinajstić information content (AvgIpc) is 2.90. The smallest absolute Gasteiger partial charge is 0.401 e. The van der Waals surface area contributed by atoms with Gasteiger partial charge in [0.25, 0.3) is 5.91 Å². The highest BCUT2D eigenvalue weighted by molar-refractivity contribution is 8.18. The van der Waals surface area contributed by atoms with Crippen molar-refractivity contribution in [1.29, 1.82) is 0 Å². The van der Waals surface area contributed by atoms with E-state index in [1.54, 1.807) is 14.1 Å². The van der Waals surface area contributed by atoms with Gasteiger partial charge in [-0.15, -0.1) is 0 Å². The van der Waals surface area contributed by atoms with Crippen LogP contribution in [0.4, 0.5) is 5.88 Å². The van der Waals surface area contributed by atoms with Crippen molar-refractivity contribution in [3.8, 4) is 0 Å². The van der Waals surface area contributed by atoms with Crippen molar-refractivity contribution in [3.63, 3.8) is 0 Å². The first kappa shape index (κ1) is 12.4. The van der Waals surface area contributed by atoms with Gasteiger partial charge in [-0.1, -0.05) is 0 Å². The molecule has 0 N–H and O–H groups in total. The van der Waals surface area contributed by atoms with Crippen molar-refractivity contribution in [2.75, 3.05) is 14.1 Å². The Balaban J connectivity index is 2.28. The van der Waals surface area contributed by atoms with Crippen LogP contribution in [0.2, 0.25) is 0 Å². The van der Waals surface area contributed by atoms with E-state index in [-0.39, 0.29) is 17.6 Å². The molecular formula is C10H9N3O4S. The molecule has 1 aromatic heterocycles. The van der Waals surface area contributed by atoms with E-state index in [0.717, 1.165) is 0 Å². The van der Waals surface area contributed by atoms with Crippen LogP contribution in [0.1, 0.15) is 5.76 Å². The van der Waals surface area contributed by atoms with Crippen LogP contribution in [0.25, 0.3) is 6.08 Å². The molecule has 1 amide bonds. The number of amides is 1. The molecule has 0 bridgehead atoms. The highest BCUT2D eigenvalue weighted by atomic mass is 32.2. The lowest BCUT2D eigenvalue weighted by Crippen LogP contribution is -2.23. The summed E-state index contributed by atoms with van der Waals surface area (Å²) < 4.78 is 4.96. The van der Waals surface area contributed by atoms with E-state index in [1.165, 1.54) is 34.9 Å². The third-order valence-electron chi connectivity index (χ3n) is 2.26. The number of amidine groups is 1. The first-order valence-electron chi connectivity index (χ1n) is 4.91. The number of nitro groups is 1. The second kappa shape index (κ2) is 4.65. The van der Waals surface area contributed by atoms with E-state index >= 15 is 0 Å². The normalized spacial score (nSPS) is 20.1. The molecule has 1 aliphatic rings. The molecule has 2 heterocycles. The Morgan fingerprint density at radius 3 is 2.78 bits per heavy atom. The summed E-state index contributed by atoms with van der Waals surface area (Å²) in [5.41, 5.74) is 0. The Morgan fingerprint density at radius 1 is 1.56 bits per heavy atom. The minimum atomic E-state index is -0.628. The molecule has 0 aliphatic carbocycles. The van der Waals surface area contributed by atoms with Crippen molar-refractivity contribution in [1.82, 2.24) is 4.90 Å². The molecule has 1 fully saturated rings. The van der Waals surface area contributed by atoms with Gasteiger partial charge in [-0.05, 0) is 17.8 Å². The maximum absolute atomic E-state index is 11.8. The summed E-state index contributed by atoms with van der Waals surface area (Å²) in [5.74, 6) is -0.294. The van der Waals surface area contributed by atoms with E-state index in [1.807, 2.05) is 0 Å². The number of thioether (sulfide) groups is 1. The summed E-state index contributed by atoms with van der Waals surface area (Å²) in [7, 11) is 3.20. The quantitative estimate of drug-likeness (QED) is 0.462. The Kier molecular flexibility index (Phi) is 3.19. The van der Waals surface area contributed by atoms with Crippen LogP contribution in [0.15, 0.2) is 26.4 Å². The highest BCUT2D eigenvalue weighted by Gasteiger charge is 2.30. The van der Waals surface area contributed by atoms with Crippen molar-refractivity contribution >= 4 is 34.8 Å². The molecular weight excluding hydrogens is 258 g/mol. The zero-order valence-corrected chi connectivity index (χ0v) is 10.4. The third kappa shape index (κ3) is 2.14. The lowest BCUT2D eigenvalue weighted by Gasteiger charge is -2.04. The molecule has 94 valence electrons. The number of hydrogen-bond donors (Lipinski definition) is 0. The van der Waals surface area contributed by atoms with Crippen LogP contribution in [0, 0.1) is 10.1 Å². The van der Waals surface area contributed by atoms with Gasteiger partial charge in [-0.25, -0.2) is 0 Å². The largest absolute Gasteiger partial charge is 0.433 e. The molecule has 8 heteroatoms. The molecule has 0 spiro atoms. The minimum absolute atomic E-state index is 0.209. The predicted molar refractivity (Wildman–Crippen MR) is 67.1 cm³/mol. The minimum Gasteiger partial charge on any atom is -0.401 e. The van der Waals surface area contributed by atoms with E-state index in [4.69, 9.17) is 4.42 Å². The van der Waals surface area contributed by atoms with Gasteiger partial charge in [0, 0.05) is 20.2 Å². The first-order chi connectivity index (χ1) is 8.52. The molecule has 7 nitrogen and oxygen atoms in total. The van der Waals surface area contributed by atoms with E-state index < -0.39 is 4.92 Å². The Labute approximate surface area is 106 Å². The second-order valence-electron chi connectivity index (χ2n) is 3.41. The lowest BCUT2D eigenvalue weighted by molar-refractivity contribution is -0.402. The van der Waals surface area contributed by atoms with Crippen molar-refractivity contribution in [2.24, 2.45) is 4.99 Å². The van der Waals surface area contributed by atoms with Gasteiger partial charge in [-0.3, -0.25) is 24.8 Å². The van der Waals surface area contributed by atoms with Gasteiger partial charge in [0.1, 0.15) is 10.7 Å². The van der Waals surface area contributed by atoms with Crippen LogP contribution in [-0.2, 0) is 4.79 Å². The molecule has 0 aromatic carbocycles. The number of aliphatic imine (C=N–C) groups is 1. The molecule has 1 saturated heterocycles. The third-order valence-corrected chi connectivity index (χ3v) is 3.41. The number of carbonyl (C=O) groups excluding carboxylic acids is 1. The van der Waals surface area contributed by atoms with Gasteiger partial charge in [0.05, 0.1) is 11.0 Å². The van der Waals surface area contributed by atoms with E-state index in [0.29, 0.717) is 10.1 Å². The summed E-state index contributed by atoms with van der Waals surface area (Å²) in [6.07, 6.45) is 1.47. The molecule has 0 saturated carbocycles. The zero-order chi connectivity index (χ0) is 13.3. The monoisotopic (exact) mass is 267 g/mol. The molecule has 0 atom stereocenters. The standard InChI is InChI=1S/C10H9N3O4S/c1-11-10-12(2)9(14)7(18-10)5-6-3-4-8(17-6)13(15)16/h3-5H,1-2H3/b7-5-,11-10?. The maximum Gasteiger partial charge on any atom is 0.433 e. The fraction of sp³-hybridized carbons (Fsp3) is 0.200. The van der Waals surface area contributed by atoms with Crippen LogP contribution in [0.3, 0.4) is 0 Å². The van der Waals surface area contributed by atoms with Crippen molar-refractivity contribution in [2.45, 2.75) is 0 Å².